The molecule has 5 nitrogen and oxygen atoms in total. The average molecular weight is 325 g/mol. The Labute approximate surface area is 142 Å². The van der Waals surface area contributed by atoms with Gasteiger partial charge in [-0.1, -0.05) is 37.3 Å². The molecule has 0 bridgehead atoms. The average Bonchev–Trinajstić information content (AvgIpc) is 3.42. The first-order valence-electron chi connectivity index (χ1n) is 8.63. The highest BCUT2D eigenvalue weighted by Gasteiger charge is 2.53. The second-order valence-corrected chi connectivity index (χ2v) is 6.76. The molecule has 1 heterocycles. The summed E-state index contributed by atoms with van der Waals surface area (Å²) >= 11 is 0. The lowest BCUT2D eigenvalue weighted by Gasteiger charge is -2.32. The Morgan fingerprint density at radius 3 is 2.62 bits per heavy atom. The Morgan fingerprint density at radius 1 is 1.33 bits per heavy atom. The van der Waals surface area contributed by atoms with Crippen LogP contribution in [-0.4, -0.2) is 40.7 Å². The van der Waals surface area contributed by atoms with Gasteiger partial charge in [0.2, 0.25) is 11.8 Å². The van der Waals surface area contributed by atoms with E-state index in [1.807, 2.05) is 42.2 Å². The standard InChI is InChI=1S/C19H23N3O2/c1-2-16-13-21(18(24)19(14-20)9-10-19)11-8-17(23)22(16)12-15-6-4-3-5-7-15/h3-7,16H,2,8-13H2,1H3/t16-/m0/s1. The highest BCUT2D eigenvalue weighted by Crippen LogP contribution is 2.46. The molecule has 2 amide bonds. The topological polar surface area (TPSA) is 64.4 Å². The zero-order valence-corrected chi connectivity index (χ0v) is 14.1. The lowest BCUT2D eigenvalue weighted by atomic mass is 10.1. The summed E-state index contributed by atoms with van der Waals surface area (Å²) in [6.45, 7) is 3.56. The number of rotatable bonds is 4. The molecule has 24 heavy (non-hydrogen) atoms. The first-order chi connectivity index (χ1) is 11.6. The first kappa shape index (κ1) is 16.5. The van der Waals surface area contributed by atoms with Crippen molar-refractivity contribution in [1.29, 1.82) is 5.26 Å². The van der Waals surface area contributed by atoms with Crippen molar-refractivity contribution in [2.45, 2.75) is 45.2 Å². The summed E-state index contributed by atoms with van der Waals surface area (Å²) in [5, 5.41) is 9.27. The zero-order chi connectivity index (χ0) is 17.2. The van der Waals surface area contributed by atoms with Gasteiger partial charge in [0.05, 0.1) is 6.07 Å². The number of carbonyl (C=O) groups excluding carboxylic acids is 2. The number of nitriles is 1. The van der Waals surface area contributed by atoms with Crippen molar-refractivity contribution in [2.24, 2.45) is 5.41 Å². The van der Waals surface area contributed by atoms with E-state index in [0.29, 0.717) is 38.9 Å². The Bertz CT molecular complexity index is 661. The van der Waals surface area contributed by atoms with Crippen LogP contribution in [0, 0.1) is 16.7 Å². The molecule has 3 rings (SSSR count). The number of carbonyl (C=O) groups is 2. The fourth-order valence-corrected chi connectivity index (χ4v) is 3.35. The van der Waals surface area contributed by atoms with Gasteiger partial charge in [-0.25, -0.2) is 0 Å². The van der Waals surface area contributed by atoms with Crippen LogP contribution < -0.4 is 0 Å². The molecule has 1 aliphatic heterocycles. The summed E-state index contributed by atoms with van der Waals surface area (Å²) in [5.74, 6) is 0.000573. The summed E-state index contributed by atoms with van der Waals surface area (Å²) in [4.78, 5) is 28.9. The number of hydrogen-bond donors (Lipinski definition) is 0. The molecule has 1 aromatic rings. The van der Waals surface area contributed by atoms with Gasteiger partial charge in [-0.15, -0.1) is 0 Å². The molecule has 1 aromatic carbocycles. The summed E-state index contributed by atoms with van der Waals surface area (Å²) in [7, 11) is 0. The third kappa shape index (κ3) is 3.14. The highest BCUT2D eigenvalue weighted by molar-refractivity contribution is 5.89. The minimum absolute atomic E-state index is 0.00125. The molecule has 0 N–H and O–H groups in total. The van der Waals surface area contributed by atoms with Crippen molar-refractivity contribution in [3.8, 4) is 6.07 Å². The number of nitrogens with zero attached hydrogens (tertiary/aromatic N) is 3. The van der Waals surface area contributed by atoms with Crippen LogP contribution >= 0.6 is 0 Å². The van der Waals surface area contributed by atoms with Crippen molar-refractivity contribution in [3.05, 3.63) is 35.9 Å². The second-order valence-electron chi connectivity index (χ2n) is 6.76. The van der Waals surface area contributed by atoms with E-state index in [4.69, 9.17) is 0 Å². The molecule has 0 aromatic heterocycles. The number of hydrogen-bond acceptors (Lipinski definition) is 3. The van der Waals surface area contributed by atoms with Crippen LogP contribution in [0.1, 0.15) is 38.2 Å². The Hall–Kier alpha value is -2.35. The third-order valence-electron chi connectivity index (χ3n) is 5.12. The first-order valence-corrected chi connectivity index (χ1v) is 8.63. The highest BCUT2D eigenvalue weighted by atomic mass is 16.2. The maximum Gasteiger partial charge on any atom is 0.243 e. The van der Waals surface area contributed by atoms with Gasteiger partial charge >= 0.3 is 0 Å². The third-order valence-corrected chi connectivity index (χ3v) is 5.12. The Morgan fingerprint density at radius 2 is 2.04 bits per heavy atom. The van der Waals surface area contributed by atoms with Crippen molar-refractivity contribution < 1.29 is 9.59 Å². The van der Waals surface area contributed by atoms with Crippen molar-refractivity contribution in [2.75, 3.05) is 13.1 Å². The number of amides is 2. The van der Waals surface area contributed by atoms with Crippen LogP contribution in [0.2, 0.25) is 0 Å². The Balaban J connectivity index is 1.76. The molecule has 1 saturated carbocycles. The zero-order valence-electron chi connectivity index (χ0n) is 14.1. The van der Waals surface area contributed by atoms with Crippen LogP contribution in [0.15, 0.2) is 30.3 Å². The minimum atomic E-state index is -0.810. The van der Waals surface area contributed by atoms with E-state index in [-0.39, 0.29) is 17.9 Å². The number of benzene rings is 1. The molecule has 1 saturated heterocycles. The fraction of sp³-hybridized carbons (Fsp3) is 0.526. The molecule has 5 heteroatoms. The minimum Gasteiger partial charge on any atom is -0.339 e. The SMILES string of the molecule is CC[C@H]1CN(C(=O)C2(C#N)CC2)CCC(=O)N1Cc1ccccc1. The molecule has 1 atom stereocenters. The molecule has 0 radical (unpaired) electrons. The predicted octanol–water partition coefficient (Wildman–Crippen LogP) is 2.33. The molecule has 1 aliphatic carbocycles. The summed E-state index contributed by atoms with van der Waals surface area (Å²) < 4.78 is 0. The normalized spacial score (nSPS) is 22.7. The van der Waals surface area contributed by atoms with Crippen LogP contribution in [0.5, 0.6) is 0 Å². The lowest BCUT2D eigenvalue weighted by Crippen LogP contribution is -2.45. The fourth-order valence-electron chi connectivity index (χ4n) is 3.35. The van der Waals surface area contributed by atoms with Gasteiger partial charge in [-0.2, -0.15) is 5.26 Å². The monoisotopic (exact) mass is 325 g/mol. The maximum atomic E-state index is 12.7. The van der Waals surface area contributed by atoms with Crippen LogP contribution in [-0.2, 0) is 16.1 Å². The largest absolute Gasteiger partial charge is 0.339 e. The van der Waals surface area contributed by atoms with E-state index >= 15 is 0 Å². The Kier molecular flexibility index (Phi) is 4.57. The second kappa shape index (κ2) is 6.64. The van der Waals surface area contributed by atoms with E-state index in [2.05, 4.69) is 6.07 Å². The molecule has 2 fully saturated rings. The van der Waals surface area contributed by atoms with E-state index in [0.717, 1.165) is 12.0 Å². The molecule has 2 aliphatic rings. The summed E-state index contributed by atoms with van der Waals surface area (Å²) in [5.41, 5.74) is 0.287. The van der Waals surface area contributed by atoms with Crippen LogP contribution in [0.4, 0.5) is 0 Å². The van der Waals surface area contributed by atoms with Crippen molar-refractivity contribution in [1.82, 2.24) is 9.80 Å². The van der Waals surface area contributed by atoms with Gasteiger partial charge in [0, 0.05) is 32.1 Å². The van der Waals surface area contributed by atoms with E-state index < -0.39 is 5.41 Å². The maximum absolute atomic E-state index is 12.7. The van der Waals surface area contributed by atoms with Gasteiger partial charge < -0.3 is 9.80 Å². The summed E-state index contributed by atoms with van der Waals surface area (Å²) in [6, 6.07) is 12.1. The van der Waals surface area contributed by atoms with Gasteiger partial charge in [-0.3, -0.25) is 9.59 Å². The van der Waals surface area contributed by atoms with E-state index in [1.165, 1.54) is 0 Å². The van der Waals surface area contributed by atoms with Gasteiger partial charge in [0.1, 0.15) is 5.41 Å². The molecular weight excluding hydrogens is 302 g/mol. The molecule has 0 unspecified atom stereocenters. The van der Waals surface area contributed by atoms with E-state index in [1.54, 1.807) is 4.90 Å². The molecule has 126 valence electrons. The van der Waals surface area contributed by atoms with Crippen LogP contribution in [0.3, 0.4) is 0 Å². The molecular formula is C19H23N3O2. The summed E-state index contributed by atoms with van der Waals surface area (Å²) in [6.07, 6.45) is 2.42. The predicted molar refractivity (Wildman–Crippen MR) is 89.5 cm³/mol. The van der Waals surface area contributed by atoms with Gasteiger partial charge in [0.15, 0.2) is 0 Å². The molecule has 0 spiro atoms. The smallest absolute Gasteiger partial charge is 0.243 e. The van der Waals surface area contributed by atoms with Crippen molar-refractivity contribution >= 4 is 11.8 Å². The van der Waals surface area contributed by atoms with Gasteiger partial charge in [-0.05, 0) is 24.8 Å². The lowest BCUT2D eigenvalue weighted by molar-refractivity contribution is -0.135. The van der Waals surface area contributed by atoms with Crippen molar-refractivity contribution in [3.63, 3.8) is 0 Å². The van der Waals surface area contributed by atoms with Crippen LogP contribution in [0.25, 0.3) is 0 Å². The quantitative estimate of drug-likeness (QED) is 0.853. The van der Waals surface area contributed by atoms with E-state index in [9.17, 15) is 14.9 Å². The van der Waals surface area contributed by atoms with Gasteiger partial charge in [0.25, 0.3) is 0 Å².